The molecule has 2 unspecified atom stereocenters. The van der Waals surface area contributed by atoms with Crippen molar-refractivity contribution in [1.82, 2.24) is 18.9 Å². The number of ether oxygens (including phenoxy) is 2. The molecular weight excluding hydrogens is 568 g/mol. The molecule has 0 saturated carbocycles. The summed E-state index contributed by atoms with van der Waals surface area (Å²) in [7, 11) is -7.64. The Bertz CT molecular complexity index is 1890. The minimum atomic E-state index is -3.97. The molecule has 216 valence electrons. The van der Waals surface area contributed by atoms with Crippen LogP contribution in [0.2, 0.25) is 0 Å². The van der Waals surface area contributed by atoms with Gasteiger partial charge in [0.1, 0.15) is 17.0 Å². The van der Waals surface area contributed by atoms with Crippen LogP contribution in [0.25, 0.3) is 22.4 Å². The molecule has 1 fully saturated rings. The van der Waals surface area contributed by atoms with Crippen molar-refractivity contribution in [3.63, 3.8) is 0 Å². The summed E-state index contributed by atoms with van der Waals surface area (Å²) in [5, 5.41) is 0.399. The highest BCUT2D eigenvalue weighted by atomic mass is 32.2. The van der Waals surface area contributed by atoms with E-state index in [1.54, 1.807) is 38.1 Å². The van der Waals surface area contributed by atoms with Gasteiger partial charge in [0.15, 0.2) is 32.9 Å². The van der Waals surface area contributed by atoms with Crippen LogP contribution in [0.1, 0.15) is 26.5 Å². The maximum absolute atomic E-state index is 13.5. The molecule has 2 atom stereocenters. The molecule has 0 spiro atoms. The number of morpholine rings is 1. The third-order valence-electron chi connectivity index (χ3n) is 7.78. The van der Waals surface area contributed by atoms with E-state index in [0.717, 1.165) is 10.2 Å². The zero-order chi connectivity index (χ0) is 29.3. The summed E-state index contributed by atoms with van der Waals surface area (Å²) in [5.74, 6) is 0.870. The quantitative estimate of drug-likeness (QED) is 0.360. The van der Waals surface area contributed by atoms with Gasteiger partial charge in [-0.05, 0) is 39.0 Å². The van der Waals surface area contributed by atoms with Crippen LogP contribution in [-0.2, 0) is 29.3 Å². The first-order chi connectivity index (χ1) is 19.3. The summed E-state index contributed by atoms with van der Waals surface area (Å²) in [6.45, 7) is 6.31. The molecule has 0 radical (unpaired) electrons. The van der Waals surface area contributed by atoms with E-state index in [1.807, 2.05) is 6.92 Å². The summed E-state index contributed by atoms with van der Waals surface area (Å²) >= 11 is 0. The van der Waals surface area contributed by atoms with Gasteiger partial charge in [0.2, 0.25) is 0 Å². The molecule has 1 saturated heterocycles. The molecule has 2 N–H and O–H groups in total. The summed E-state index contributed by atoms with van der Waals surface area (Å²) in [6, 6.07) is 9.42. The van der Waals surface area contributed by atoms with E-state index in [0.29, 0.717) is 35.7 Å². The van der Waals surface area contributed by atoms with Gasteiger partial charge in [-0.1, -0.05) is 18.2 Å². The monoisotopic (exact) mass is 598 g/mol. The maximum Gasteiger partial charge on any atom is 0.269 e. The van der Waals surface area contributed by atoms with Gasteiger partial charge in [-0.15, -0.1) is 0 Å². The van der Waals surface area contributed by atoms with E-state index in [9.17, 15) is 16.8 Å². The van der Waals surface area contributed by atoms with Crippen molar-refractivity contribution in [3.8, 4) is 17.1 Å². The van der Waals surface area contributed by atoms with E-state index in [-0.39, 0.29) is 46.4 Å². The van der Waals surface area contributed by atoms with Gasteiger partial charge in [0.25, 0.3) is 10.0 Å². The maximum atomic E-state index is 13.5. The van der Waals surface area contributed by atoms with Crippen LogP contribution in [0.4, 0.5) is 11.5 Å². The first-order valence-electron chi connectivity index (χ1n) is 13.0. The molecule has 41 heavy (non-hydrogen) atoms. The molecule has 0 bridgehead atoms. The second-order valence-corrected chi connectivity index (χ2v) is 15.2. The van der Waals surface area contributed by atoms with Gasteiger partial charge in [-0.3, -0.25) is 0 Å². The van der Waals surface area contributed by atoms with Gasteiger partial charge in [0, 0.05) is 17.8 Å². The first kappa shape index (κ1) is 27.4. The average molecular weight is 599 g/mol. The highest BCUT2D eigenvalue weighted by Gasteiger charge is 2.44. The summed E-state index contributed by atoms with van der Waals surface area (Å²) < 4.78 is 64.5. The zero-order valence-corrected chi connectivity index (χ0v) is 24.6. The number of rotatable bonds is 5. The van der Waals surface area contributed by atoms with E-state index in [4.69, 9.17) is 25.2 Å². The molecule has 4 aromatic rings. The van der Waals surface area contributed by atoms with Crippen LogP contribution < -0.4 is 15.4 Å². The van der Waals surface area contributed by atoms with Crippen molar-refractivity contribution < 1.29 is 26.3 Å². The number of anilines is 2. The molecule has 0 amide bonds. The van der Waals surface area contributed by atoms with Crippen LogP contribution in [0.3, 0.4) is 0 Å². The fourth-order valence-electron chi connectivity index (χ4n) is 5.25. The Labute approximate surface area is 238 Å². The molecule has 5 heterocycles. The number of nitrogen functional groups attached to an aromatic ring is 1. The smallest absolute Gasteiger partial charge is 0.269 e. The van der Waals surface area contributed by atoms with Crippen LogP contribution in [0.5, 0.6) is 5.75 Å². The lowest BCUT2D eigenvalue weighted by Gasteiger charge is -2.45. The SMILES string of the molecule is CC1COCC2COc3c(nc(-c4c(N)cnc5c4ccn5S(=O)(=O)c4ccccc4)nc3C(C)(C)S(C)(=O)=O)N12. The van der Waals surface area contributed by atoms with Crippen LogP contribution >= 0.6 is 0 Å². The second-order valence-electron chi connectivity index (χ2n) is 10.8. The number of nitrogens with two attached hydrogens (primary N) is 1. The highest BCUT2D eigenvalue weighted by Crippen LogP contribution is 2.45. The molecule has 6 rings (SSSR count). The van der Waals surface area contributed by atoms with Gasteiger partial charge in [0.05, 0.1) is 47.6 Å². The molecular formula is C27H30N6O6S2. The Morgan fingerprint density at radius 3 is 2.46 bits per heavy atom. The number of aromatic nitrogens is 4. The van der Waals surface area contributed by atoms with Gasteiger partial charge < -0.3 is 20.1 Å². The lowest BCUT2D eigenvalue weighted by molar-refractivity contribution is 0.0482. The molecule has 0 aliphatic carbocycles. The Hall–Kier alpha value is -3.75. The number of hydrogen-bond acceptors (Lipinski definition) is 11. The fraction of sp³-hybridized carbons (Fsp3) is 0.370. The third-order valence-corrected chi connectivity index (χ3v) is 11.5. The van der Waals surface area contributed by atoms with Gasteiger partial charge in [-0.25, -0.2) is 35.8 Å². The number of pyridine rings is 1. The van der Waals surface area contributed by atoms with Crippen molar-refractivity contribution >= 4 is 42.4 Å². The largest absolute Gasteiger partial charge is 0.486 e. The Kier molecular flexibility index (Phi) is 6.28. The molecule has 12 nitrogen and oxygen atoms in total. The summed E-state index contributed by atoms with van der Waals surface area (Å²) in [6.07, 6.45) is 3.92. The van der Waals surface area contributed by atoms with Crippen molar-refractivity contribution in [2.24, 2.45) is 0 Å². The highest BCUT2D eigenvalue weighted by molar-refractivity contribution is 7.91. The number of sulfone groups is 1. The van der Waals surface area contributed by atoms with Gasteiger partial charge >= 0.3 is 0 Å². The van der Waals surface area contributed by atoms with Gasteiger partial charge in [-0.2, -0.15) is 0 Å². The number of fused-ring (bicyclic) bond motifs is 4. The van der Waals surface area contributed by atoms with Crippen molar-refractivity contribution in [1.29, 1.82) is 0 Å². The minimum Gasteiger partial charge on any atom is -0.486 e. The van der Waals surface area contributed by atoms with E-state index in [2.05, 4.69) is 9.88 Å². The molecule has 2 aliphatic rings. The normalized spacial score (nSPS) is 19.5. The summed E-state index contributed by atoms with van der Waals surface area (Å²) in [4.78, 5) is 16.2. The van der Waals surface area contributed by atoms with Crippen molar-refractivity contribution in [2.45, 2.75) is 42.5 Å². The molecule has 1 aromatic carbocycles. The minimum absolute atomic E-state index is 0.0692. The van der Waals surface area contributed by atoms with E-state index < -0.39 is 24.6 Å². The molecule has 14 heteroatoms. The Morgan fingerprint density at radius 2 is 1.76 bits per heavy atom. The number of nitrogens with zero attached hydrogens (tertiary/aromatic N) is 5. The standard InChI is InChI=1S/C27H30N6O6S2/c1-16-13-38-14-17-15-39-22-23(27(2,3)40(4,34)35)30-24(31-26(22)33(16)17)21-19-10-11-32(25(19)29-12-20(21)28)41(36,37)18-8-6-5-7-9-18/h5-12,16-17H,13-15,28H2,1-4H3. The van der Waals surface area contributed by atoms with E-state index >= 15 is 0 Å². The topological polar surface area (TPSA) is 160 Å². The molecule has 2 aliphatic heterocycles. The van der Waals surface area contributed by atoms with Crippen LogP contribution in [-0.4, -0.2) is 73.9 Å². The third kappa shape index (κ3) is 4.23. The zero-order valence-electron chi connectivity index (χ0n) is 23.0. The lowest BCUT2D eigenvalue weighted by atomic mass is 10.0. The lowest BCUT2D eigenvalue weighted by Crippen LogP contribution is -2.56. The Morgan fingerprint density at radius 1 is 1.02 bits per heavy atom. The molecule has 3 aromatic heterocycles. The van der Waals surface area contributed by atoms with E-state index in [1.165, 1.54) is 24.5 Å². The number of hydrogen-bond donors (Lipinski definition) is 1. The summed E-state index contributed by atoms with van der Waals surface area (Å²) in [5.41, 5.74) is 7.32. The predicted octanol–water partition coefficient (Wildman–Crippen LogP) is 2.58. The average Bonchev–Trinajstić information content (AvgIpc) is 3.37. The first-order valence-corrected chi connectivity index (χ1v) is 16.3. The Balaban J connectivity index is 1.63. The number of benzene rings is 1. The van der Waals surface area contributed by atoms with Crippen molar-refractivity contribution in [3.05, 3.63) is 54.5 Å². The fourth-order valence-corrected chi connectivity index (χ4v) is 7.07. The van der Waals surface area contributed by atoms with Crippen molar-refractivity contribution in [2.75, 3.05) is 36.7 Å². The predicted molar refractivity (Wildman–Crippen MR) is 154 cm³/mol. The van der Waals surface area contributed by atoms with Crippen LogP contribution in [0.15, 0.2) is 53.7 Å². The second kappa shape index (κ2) is 9.39. The van der Waals surface area contributed by atoms with Crippen LogP contribution in [0, 0.1) is 0 Å².